The monoisotopic (exact) mass is 351 g/mol. The summed E-state index contributed by atoms with van der Waals surface area (Å²) in [4.78, 5) is 17.5. The number of rotatable bonds is 1. The van der Waals surface area contributed by atoms with Crippen LogP contribution in [0, 0.1) is 0 Å². The zero-order valence-corrected chi connectivity index (χ0v) is 13.6. The highest BCUT2D eigenvalue weighted by Gasteiger charge is 2.14. The van der Waals surface area contributed by atoms with Crippen LogP contribution in [0.2, 0.25) is 10.0 Å². The molecular formula is C15H11Cl2N3OS. The van der Waals surface area contributed by atoms with Crippen molar-refractivity contribution in [2.45, 2.75) is 4.90 Å². The minimum absolute atomic E-state index is 0.364. The number of para-hydroxylation sites is 1. The lowest BCUT2D eigenvalue weighted by molar-refractivity contribution is 0.256. The van der Waals surface area contributed by atoms with Gasteiger partial charge in [0.15, 0.2) is 0 Å². The Hall–Kier alpha value is -1.69. The summed E-state index contributed by atoms with van der Waals surface area (Å²) in [7, 11) is 0. The van der Waals surface area contributed by atoms with Gasteiger partial charge >= 0.3 is 6.03 Å². The number of carbonyl (C=O) groups excluding carboxylic acids is 1. The lowest BCUT2D eigenvalue weighted by Gasteiger charge is -2.16. The first-order valence-corrected chi connectivity index (χ1v) is 8.18. The molecule has 0 aromatic heterocycles. The van der Waals surface area contributed by atoms with Gasteiger partial charge in [-0.2, -0.15) is 0 Å². The summed E-state index contributed by atoms with van der Waals surface area (Å²) < 4.78 is 0. The van der Waals surface area contributed by atoms with Crippen molar-refractivity contribution in [3.63, 3.8) is 0 Å². The maximum atomic E-state index is 12.0. The van der Waals surface area contributed by atoms with Crippen molar-refractivity contribution in [3.8, 4) is 0 Å². The fourth-order valence-electron chi connectivity index (χ4n) is 1.93. The van der Waals surface area contributed by atoms with Gasteiger partial charge in [-0.25, -0.2) is 9.79 Å². The van der Waals surface area contributed by atoms with Crippen LogP contribution >= 0.6 is 35.0 Å². The minimum atomic E-state index is -0.364. The molecular weight excluding hydrogens is 341 g/mol. The molecule has 2 aromatic rings. The lowest BCUT2D eigenvalue weighted by atomic mass is 10.3. The Bertz CT molecular complexity index is 764. The average molecular weight is 352 g/mol. The quantitative estimate of drug-likeness (QED) is 0.763. The topological polar surface area (TPSA) is 53.5 Å². The number of hydrogen-bond acceptors (Lipinski definition) is 3. The summed E-state index contributed by atoms with van der Waals surface area (Å²) in [5.41, 5.74) is 1.43. The third kappa shape index (κ3) is 3.55. The molecule has 0 fully saturated rings. The van der Waals surface area contributed by atoms with E-state index < -0.39 is 0 Å². The standard InChI is InChI=1S/C15H11Cl2N3OS/c16-10-6-5-9(7-11(10)17)18-15(21)20-14-8-22-13-4-2-1-3-12(13)19-14/h1-7H,8H2,(H2,18,19,20,21). The zero-order valence-electron chi connectivity index (χ0n) is 11.3. The first kappa shape index (κ1) is 15.2. The highest BCUT2D eigenvalue weighted by Crippen LogP contribution is 2.32. The maximum absolute atomic E-state index is 12.0. The molecule has 22 heavy (non-hydrogen) atoms. The van der Waals surface area contributed by atoms with Gasteiger partial charge in [-0.15, -0.1) is 11.8 Å². The molecule has 0 saturated carbocycles. The smallest absolute Gasteiger partial charge is 0.308 e. The molecule has 112 valence electrons. The van der Waals surface area contributed by atoms with E-state index >= 15 is 0 Å². The number of amides is 2. The summed E-state index contributed by atoms with van der Waals surface area (Å²) in [5, 5.41) is 6.27. The Morgan fingerprint density at radius 2 is 1.91 bits per heavy atom. The fraction of sp³-hybridized carbons (Fsp3) is 0.0667. The van der Waals surface area contributed by atoms with Crippen molar-refractivity contribution in [1.82, 2.24) is 5.32 Å². The Morgan fingerprint density at radius 1 is 1.09 bits per heavy atom. The van der Waals surface area contributed by atoms with Crippen molar-refractivity contribution >= 4 is 58.2 Å². The van der Waals surface area contributed by atoms with Gasteiger partial charge in [0.2, 0.25) is 0 Å². The summed E-state index contributed by atoms with van der Waals surface area (Å²) in [5.74, 6) is 1.23. The molecule has 0 aliphatic carbocycles. The van der Waals surface area contributed by atoms with Gasteiger partial charge in [0.1, 0.15) is 5.84 Å². The van der Waals surface area contributed by atoms with Crippen LogP contribution in [-0.4, -0.2) is 17.6 Å². The van der Waals surface area contributed by atoms with Gasteiger partial charge in [0.25, 0.3) is 0 Å². The number of halogens is 2. The molecule has 2 aromatic carbocycles. The molecule has 2 N–H and O–H groups in total. The van der Waals surface area contributed by atoms with Crippen LogP contribution in [-0.2, 0) is 0 Å². The number of anilines is 1. The first-order valence-electron chi connectivity index (χ1n) is 6.44. The second-order valence-electron chi connectivity index (χ2n) is 4.52. The van der Waals surface area contributed by atoms with Crippen molar-refractivity contribution in [3.05, 3.63) is 52.5 Å². The van der Waals surface area contributed by atoms with Gasteiger partial charge in [0.05, 0.1) is 21.5 Å². The molecule has 3 rings (SSSR count). The minimum Gasteiger partial charge on any atom is -0.308 e. The number of benzene rings is 2. The van der Waals surface area contributed by atoms with E-state index in [4.69, 9.17) is 23.2 Å². The molecule has 1 heterocycles. The maximum Gasteiger partial charge on any atom is 0.324 e. The van der Waals surface area contributed by atoms with Crippen molar-refractivity contribution in [2.24, 2.45) is 4.99 Å². The summed E-state index contributed by atoms with van der Waals surface area (Å²) in [6.07, 6.45) is 0. The molecule has 0 atom stereocenters. The second kappa shape index (κ2) is 6.60. The highest BCUT2D eigenvalue weighted by atomic mass is 35.5. The van der Waals surface area contributed by atoms with Crippen LogP contribution < -0.4 is 10.6 Å². The number of nitrogens with one attached hydrogen (secondary N) is 2. The van der Waals surface area contributed by atoms with E-state index in [0.29, 0.717) is 27.3 Å². The molecule has 0 saturated heterocycles. The van der Waals surface area contributed by atoms with Crippen molar-refractivity contribution in [2.75, 3.05) is 11.1 Å². The average Bonchev–Trinajstić information content (AvgIpc) is 2.51. The number of carbonyl (C=O) groups is 1. The summed E-state index contributed by atoms with van der Waals surface area (Å²) in [6.45, 7) is 0. The third-order valence-corrected chi connectivity index (χ3v) is 4.73. The van der Waals surface area contributed by atoms with Crippen LogP contribution in [0.15, 0.2) is 52.4 Å². The molecule has 0 radical (unpaired) electrons. The number of nitrogens with zero attached hydrogens (tertiary/aromatic N) is 1. The summed E-state index contributed by atoms with van der Waals surface area (Å²) >= 11 is 13.4. The van der Waals surface area contributed by atoms with E-state index in [-0.39, 0.29) is 6.03 Å². The predicted molar refractivity (Wildman–Crippen MR) is 92.9 cm³/mol. The molecule has 0 unspecified atom stereocenters. The van der Waals surface area contributed by atoms with Crippen LogP contribution in [0.3, 0.4) is 0 Å². The largest absolute Gasteiger partial charge is 0.324 e. The number of urea groups is 1. The second-order valence-corrected chi connectivity index (χ2v) is 6.35. The molecule has 7 heteroatoms. The molecule has 0 bridgehead atoms. The molecule has 1 aliphatic heterocycles. The SMILES string of the molecule is O=C(NC1=Nc2ccccc2SC1)Nc1ccc(Cl)c(Cl)c1. The molecule has 4 nitrogen and oxygen atoms in total. The van der Waals surface area contributed by atoms with E-state index in [2.05, 4.69) is 15.6 Å². The van der Waals surface area contributed by atoms with Crippen molar-refractivity contribution in [1.29, 1.82) is 0 Å². The van der Waals surface area contributed by atoms with Crippen LogP contribution in [0.5, 0.6) is 0 Å². The molecule has 1 aliphatic rings. The number of amidine groups is 1. The first-order chi connectivity index (χ1) is 10.6. The van der Waals surface area contributed by atoms with Gasteiger partial charge in [-0.1, -0.05) is 35.3 Å². The normalized spacial score (nSPS) is 13.1. The molecule has 2 amide bonds. The van der Waals surface area contributed by atoms with Gasteiger partial charge < -0.3 is 5.32 Å². The Kier molecular flexibility index (Phi) is 4.57. The number of thioether (sulfide) groups is 1. The number of hydrogen-bond donors (Lipinski definition) is 2. The Balaban J connectivity index is 1.67. The van der Waals surface area contributed by atoms with E-state index in [1.807, 2.05) is 24.3 Å². The van der Waals surface area contributed by atoms with Gasteiger partial charge in [-0.3, -0.25) is 5.32 Å². The molecule has 0 spiro atoms. The number of fused-ring (bicyclic) bond motifs is 1. The Labute approximate surface area is 141 Å². The van der Waals surface area contributed by atoms with Crippen molar-refractivity contribution < 1.29 is 4.79 Å². The van der Waals surface area contributed by atoms with E-state index in [9.17, 15) is 4.79 Å². The summed E-state index contributed by atoms with van der Waals surface area (Å²) in [6, 6.07) is 12.4. The zero-order chi connectivity index (χ0) is 15.5. The van der Waals surface area contributed by atoms with E-state index in [1.165, 1.54) is 0 Å². The van der Waals surface area contributed by atoms with Crippen LogP contribution in [0.25, 0.3) is 0 Å². The van der Waals surface area contributed by atoms with Crippen LogP contribution in [0.1, 0.15) is 0 Å². The van der Waals surface area contributed by atoms with E-state index in [1.54, 1.807) is 30.0 Å². The van der Waals surface area contributed by atoms with E-state index in [0.717, 1.165) is 10.6 Å². The Morgan fingerprint density at radius 3 is 2.73 bits per heavy atom. The fourth-order valence-corrected chi connectivity index (χ4v) is 3.09. The van der Waals surface area contributed by atoms with Gasteiger partial charge in [0, 0.05) is 10.6 Å². The lowest BCUT2D eigenvalue weighted by Crippen LogP contribution is -2.36. The van der Waals surface area contributed by atoms with Gasteiger partial charge in [-0.05, 0) is 30.3 Å². The van der Waals surface area contributed by atoms with Crippen LogP contribution in [0.4, 0.5) is 16.2 Å². The highest BCUT2D eigenvalue weighted by molar-refractivity contribution is 8.00. The number of aliphatic imine (C=N–C) groups is 1. The predicted octanol–water partition coefficient (Wildman–Crippen LogP) is 4.95. The third-order valence-electron chi connectivity index (χ3n) is 2.92.